The van der Waals surface area contributed by atoms with Crippen LogP contribution in [0.4, 0.5) is 0 Å². The molecule has 0 unspecified atom stereocenters. The minimum Gasteiger partial charge on any atom is -0.350 e. The molecule has 3 rings (SSSR count). The highest BCUT2D eigenvalue weighted by atomic mass is 15.6. The Bertz CT molecular complexity index is 735. The maximum Gasteiger partial charge on any atom is 0.204 e. The van der Waals surface area contributed by atoms with Crippen molar-refractivity contribution in [3.8, 4) is 11.4 Å². The van der Waals surface area contributed by atoms with Gasteiger partial charge in [0.1, 0.15) is 0 Å². The van der Waals surface area contributed by atoms with Crippen LogP contribution >= 0.6 is 0 Å². The maximum absolute atomic E-state index is 4.26. The first-order valence-electron chi connectivity index (χ1n) is 6.39. The molecule has 0 N–H and O–H groups in total. The van der Waals surface area contributed by atoms with Crippen molar-refractivity contribution >= 4 is 10.9 Å². The van der Waals surface area contributed by atoms with Gasteiger partial charge in [-0.05, 0) is 34.9 Å². The number of rotatable bonds is 2. The average Bonchev–Trinajstić information content (AvgIpc) is 2.94. The summed E-state index contributed by atoms with van der Waals surface area (Å²) >= 11 is 0. The Kier molecular flexibility index (Phi) is 2.62. The molecule has 0 saturated carbocycles. The fraction of sp³-hybridized carbons (Fsp3) is 0.357. The van der Waals surface area contributed by atoms with E-state index in [1.807, 2.05) is 6.07 Å². The topological polar surface area (TPSA) is 48.5 Å². The van der Waals surface area contributed by atoms with Crippen molar-refractivity contribution in [2.45, 2.75) is 19.8 Å². The quantitative estimate of drug-likeness (QED) is 0.707. The highest BCUT2D eigenvalue weighted by Crippen LogP contribution is 2.29. The number of hydrogen-bond donors (Lipinski definition) is 0. The lowest BCUT2D eigenvalue weighted by molar-refractivity contribution is 0.630. The van der Waals surface area contributed by atoms with E-state index < -0.39 is 0 Å². The van der Waals surface area contributed by atoms with Gasteiger partial charge in [-0.2, -0.15) is 4.80 Å². The van der Waals surface area contributed by atoms with Gasteiger partial charge in [-0.1, -0.05) is 13.8 Å². The Labute approximate surface area is 111 Å². The number of tetrazole rings is 1. The van der Waals surface area contributed by atoms with Crippen LogP contribution in [0.1, 0.15) is 25.3 Å². The summed E-state index contributed by atoms with van der Waals surface area (Å²) in [5.74, 6) is 1.16. The predicted molar refractivity (Wildman–Crippen MR) is 74.8 cm³/mol. The third-order valence-corrected chi connectivity index (χ3v) is 3.41. The van der Waals surface area contributed by atoms with E-state index in [1.165, 1.54) is 21.3 Å². The second-order valence-electron chi connectivity index (χ2n) is 5.18. The number of hydrogen-bond acceptors (Lipinski definition) is 3. The molecule has 0 bridgehead atoms. The Balaban J connectivity index is 2.22. The van der Waals surface area contributed by atoms with Gasteiger partial charge < -0.3 is 4.57 Å². The standard InChI is InChI=1S/C14H17N5/c1-9(2)12-8-18(3)13-6-5-10(7-11(12)13)14-15-17-19(4)16-14/h5-9H,1-4H3. The van der Waals surface area contributed by atoms with E-state index in [2.05, 4.69) is 59.2 Å². The smallest absolute Gasteiger partial charge is 0.204 e. The van der Waals surface area contributed by atoms with Gasteiger partial charge >= 0.3 is 0 Å². The summed E-state index contributed by atoms with van der Waals surface area (Å²) in [6.45, 7) is 4.42. The van der Waals surface area contributed by atoms with Gasteiger partial charge in [0.2, 0.25) is 5.82 Å². The summed E-state index contributed by atoms with van der Waals surface area (Å²) in [6, 6.07) is 6.32. The lowest BCUT2D eigenvalue weighted by atomic mass is 10.0. The molecule has 1 aromatic carbocycles. The summed E-state index contributed by atoms with van der Waals surface area (Å²) in [4.78, 5) is 1.48. The Morgan fingerprint density at radius 3 is 2.58 bits per heavy atom. The zero-order chi connectivity index (χ0) is 13.6. The Morgan fingerprint density at radius 2 is 1.95 bits per heavy atom. The Hall–Kier alpha value is -2.17. The van der Waals surface area contributed by atoms with Crippen molar-refractivity contribution in [1.29, 1.82) is 0 Å². The lowest BCUT2D eigenvalue weighted by Gasteiger charge is -2.03. The molecule has 5 heteroatoms. The minimum absolute atomic E-state index is 0.494. The summed E-state index contributed by atoms with van der Waals surface area (Å²) in [6.07, 6.45) is 2.20. The van der Waals surface area contributed by atoms with Gasteiger partial charge in [-0.15, -0.1) is 10.2 Å². The van der Waals surface area contributed by atoms with Crippen molar-refractivity contribution in [2.24, 2.45) is 14.1 Å². The van der Waals surface area contributed by atoms with Crippen LogP contribution in [0.15, 0.2) is 24.4 Å². The van der Waals surface area contributed by atoms with Crippen molar-refractivity contribution < 1.29 is 0 Å². The first-order chi connectivity index (χ1) is 9.06. The van der Waals surface area contributed by atoms with E-state index in [0.29, 0.717) is 11.7 Å². The minimum atomic E-state index is 0.494. The number of aromatic nitrogens is 5. The van der Waals surface area contributed by atoms with Crippen LogP contribution in [-0.4, -0.2) is 24.8 Å². The van der Waals surface area contributed by atoms with Gasteiger partial charge in [0.25, 0.3) is 0 Å². The first kappa shape index (κ1) is 11.9. The predicted octanol–water partition coefficient (Wildman–Crippen LogP) is 2.49. The molecule has 3 aromatic rings. The molecule has 0 aliphatic carbocycles. The zero-order valence-electron chi connectivity index (χ0n) is 11.6. The van der Waals surface area contributed by atoms with E-state index in [-0.39, 0.29) is 0 Å². The monoisotopic (exact) mass is 255 g/mol. The zero-order valence-corrected chi connectivity index (χ0v) is 11.6. The fourth-order valence-corrected chi connectivity index (χ4v) is 2.42. The second-order valence-corrected chi connectivity index (χ2v) is 5.18. The normalized spacial score (nSPS) is 11.6. The molecule has 0 radical (unpaired) electrons. The third-order valence-electron chi connectivity index (χ3n) is 3.41. The van der Waals surface area contributed by atoms with Crippen molar-refractivity contribution in [3.63, 3.8) is 0 Å². The van der Waals surface area contributed by atoms with Crippen LogP contribution in [-0.2, 0) is 14.1 Å². The van der Waals surface area contributed by atoms with E-state index >= 15 is 0 Å². The molecule has 5 nitrogen and oxygen atoms in total. The van der Waals surface area contributed by atoms with Crippen LogP contribution < -0.4 is 0 Å². The number of aryl methyl sites for hydroxylation is 2. The summed E-state index contributed by atoms with van der Waals surface area (Å²) in [5, 5.41) is 13.5. The van der Waals surface area contributed by atoms with Gasteiger partial charge in [0, 0.05) is 29.7 Å². The van der Waals surface area contributed by atoms with Crippen LogP contribution in [0.25, 0.3) is 22.3 Å². The SMILES string of the molecule is CC(C)c1cn(C)c2ccc(-c3nnn(C)n3)cc12. The molecule has 0 saturated heterocycles. The fourth-order valence-electron chi connectivity index (χ4n) is 2.42. The van der Waals surface area contributed by atoms with E-state index in [0.717, 1.165) is 5.56 Å². The van der Waals surface area contributed by atoms with Crippen molar-refractivity contribution in [2.75, 3.05) is 0 Å². The highest BCUT2D eigenvalue weighted by Gasteiger charge is 2.12. The molecule has 0 fully saturated rings. The van der Waals surface area contributed by atoms with Crippen molar-refractivity contribution in [3.05, 3.63) is 30.0 Å². The molecule has 2 aromatic heterocycles. The molecule has 0 atom stereocenters. The van der Waals surface area contributed by atoms with Gasteiger partial charge in [-0.25, -0.2) is 0 Å². The van der Waals surface area contributed by atoms with E-state index in [9.17, 15) is 0 Å². The number of fused-ring (bicyclic) bond motifs is 1. The largest absolute Gasteiger partial charge is 0.350 e. The molecule has 19 heavy (non-hydrogen) atoms. The number of benzene rings is 1. The number of nitrogens with zero attached hydrogens (tertiary/aromatic N) is 5. The maximum atomic E-state index is 4.26. The van der Waals surface area contributed by atoms with Crippen molar-refractivity contribution in [1.82, 2.24) is 24.8 Å². The molecule has 98 valence electrons. The van der Waals surface area contributed by atoms with Gasteiger partial charge in [0.05, 0.1) is 7.05 Å². The van der Waals surface area contributed by atoms with Crippen LogP contribution in [0.2, 0.25) is 0 Å². The molecular formula is C14H17N5. The summed E-state index contributed by atoms with van der Waals surface area (Å²) in [5.41, 5.74) is 3.59. The lowest BCUT2D eigenvalue weighted by Crippen LogP contribution is -1.92. The molecule has 0 aliphatic rings. The average molecular weight is 255 g/mol. The van der Waals surface area contributed by atoms with Crippen LogP contribution in [0.3, 0.4) is 0 Å². The van der Waals surface area contributed by atoms with Gasteiger partial charge in [0.15, 0.2) is 0 Å². The van der Waals surface area contributed by atoms with Gasteiger partial charge in [-0.3, -0.25) is 0 Å². The summed E-state index contributed by atoms with van der Waals surface area (Å²) in [7, 11) is 3.85. The molecule has 2 heterocycles. The summed E-state index contributed by atoms with van der Waals surface area (Å²) < 4.78 is 2.17. The first-order valence-corrected chi connectivity index (χ1v) is 6.39. The second kappa shape index (κ2) is 4.19. The van der Waals surface area contributed by atoms with Crippen LogP contribution in [0, 0.1) is 0 Å². The third kappa shape index (κ3) is 1.91. The van der Waals surface area contributed by atoms with Crippen LogP contribution in [0.5, 0.6) is 0 Å². The highest BCUT2D eigenvalue weighted by molar-refractivity contribution is 5.88. The molecule has 0 amide bonds. The van der Waals surface area contributed by atoms with E-state index in [4.69, 9.17) is 0 Å². The molecule has 0 aliphatic heterocycles. The molecule has 0 spiro atoms. The Morgan fingerprint density at radius 1 is 1.16 bits per heavy atom. The van der Waals surface area contributed by atoms with E-state index in [1.54, 1.807) is 7.05 Å². The molecular weight excluding hydrogens is 238 g/mol.